The summed E-state index contributed by atoms with van der Waals surface area (Å²) in [5, 5.41) is 10.0. The molecule has 9 nitrogen and oxygen atoms in total. The third-order valence-corrected chi connectivity index (χ3v) is 7.08. The second-order valence-corrected chi connectivity index (χ2v) is 9.47. The molecule has 0 unspecified atom stereocenters. The van der Waals surface area contributed by atoms with Gasteiger partial charge in [0.25, 0.3) is 10.0 Å². The maximum Gasteiger partial charge on any atom is 0.270 e. The summed E-state index contributed by atoms with van der Waals surface area (Å²) in [6.45, 7) is 5.88. The van der Waals surface area contributed by atoms with E-state index in [1.165, 1.54) is 0 Å². The Bertz CT molecular complexity index is 905. The summed E-state index contributed by atoms with van der Waals surface area (Å²) in [5.41, 5.74) is 1.99. The molecule has 2 aromatic rings. The number of sulfonamides is 1. The van der Waals surface area contributed by atoms with Crippen LogP contribution in [0.5, 0.6) is 0 Å². The number of amides is 1. The summed E-state index contributed by atoms with van der Waals surface area (Å²) in [6.07, 6.45) is 0.282. The Hall–Kier alpha value is -2.08. The fourth-order valence-corrected chi connectivity index (χ4v) is 4.68. The van der Waals surface area contributed by atoms with Gasteiger partial charge in [0.1, 0.15) is 0 Å². The van der Waals surface area contributed by atoms with E-state index in [0.717, 1.165) is 48.8 Å². The molecule has 0 radical (unpaired) electrons. The van der Waals surface area contributed by atoms with Crippen LogP contribution in [0.3, 0.4) is 0 Å². The fourth-order valence-electron chi connectivity index (χ4n) is 2.71. The lowest BCUT2D eigenvalue weighted by Gasteiger charge is -2.34. The second-order valence-electron chi connectivity index (χ2n) is 6.56. The smallest absolute Gasteiger partial charge is 0.270 e. The van der Waals surface area contributed by atoms with E-state index < -0.39 is 10.0 Å². The molecular formula is C17H24N6O3S2. The molecule has 0 atom stereocenters. The number of aromatic nitrogens is 2. The van der Waals surface area contributed by atoms with Crippen molar-refractivity contribution < 1.29 is 13.2 Å². The molecule has 1 aliphatic rings. The number of rotatable bonds is 7. The quantitative estimate of drug-likeness (QED) is 0.641. The number of hydrogen-bond acceptors (Lipinski definition) is 8. The van der Waals surface area contributed by atoms with Gasteiger partial charge < -0.3 is 15.1 Å². The zero-order valence-electron chi connectivity index (χ0n) is 15.9. The van der Waals surface area contributed by atoms with E-state index in [1.807, 2.05) is 24.3 Å². The van der Waals surface area contributed by atoms with Crippen molar-refractivity contribution in [2.45, 2.75) is 24.2 Å². The van der Waals surface area contributed by atoms with Crippen molar-refractivity contribution in [2.75, 3.05) is 43.4 Å². The summed E-state index contributed by atoms with van der Waals surface area (Å²) in [5.74, 6) is -0.242. The van der Waals surface area contributed by atoms with Crippen LogP contribution in [0.2, 0.25) is 0 Å². The largest absolute Gasteiger partial charge is 0.369 e. The number of carbonyl (C=O) groups is 1. The van der Waals surface area contributed by atoms with E-state index in [1.54, 1.807) is 6.92 Å². The molecule has 2 heterocycles. The average molecular weight is 425 g/mol. The van der Waals surface area contributed by atoms with Crippen LogP contribution in [0.4, 0.5) is 10.8 Å². The van der Waals surface area contributed by atoms with Crippen LogP contribution in [0.1, 0.15) is 18.9 Å². The Labute approximate surface area is 168 Å². The number of anilines is 2. The van der Waals surface area contributed by atoms with Crippen molar-refractivity contribution in [3.63, 3.8) is 0 Å². The first-order valence-corrected chi connectivity index (χ1v) is 11.3. The van der Waals surface area contributed by atoms with Crippen LogP contribution in [-0.4, -0.2) is 62.6 Å². The van der Waals surface area contributed by atoms with Crippen molar-refractivity contribution in [3.8, 4) is 0 Å². The predicted molar refractivity (Wildman–Crippen MR) is 109 cm³/mol. The Morgan fingerprint density at radius 2 is 1.82 bits per heavy atom. The van der Waals surface area contributed by atoms with E-state index in [2.05, 4.69) is 37.1 Å². The van der Waals surface area contributed by atoms with Crippen LogP contribution >= 0.6 is 11.3 Å². The Balaban J connectivity index is 1.58. The summed E-state index contributed by atoms with van der Waals surface area (Å²) in [6, 6.07) is 7.86. The van der Waals surface area contributed by atoms with Crippen molar-refractivity contribution in [2.24, 2.45) is 0 Å². The van der Waals surface area contributed by atoms with Gasteiger partial charge in [0, 0.05) is 44.8 Å². The SMILES string of the molecule is CCC(=O)Nc1nnc(S(=O)(=O)NCc2ccc(N3CCN(C)CC3)cc2)s1. The summed E-state index contributed by atoms with van der Waals surface area (Å²) in [4.78, 5) is 16.0. The lowest BCUT2D eigenvalue weighted by molar-refractivity contribution is -0.115. The number of hydrogen-bond donors (Lipinski definition) is 2. The highest BCUT2D eigenvalue weighted by Crippen LogP contribution is 2.21. The van der Waals surface area contributed by atoms with Gasteiger partial charge in [-0.05, 0) is 24.7 Å². The molecule has 1 aliphatic heterocycles. The monoisotopic (exact) mass is 424 g/mol. The molecule has 3 rings (SSSR count). The molecule has 28 heavy (non-hydrogen) atoms. The summed E-state index contributed by atoms with van der Waals surface area (Å²) >= 11 is 0.825. The average Bonchev–Trinajstić information content (AvgIpc) is 3.17. The Morgan fingerprint density at radius 3 is 2.46 bits per heavy atom. The first-order chi connectivity index (χ1) is 13.4. The molecular weight excluding hydrogens is 400 g/mol. The first kappa shape index (κ1) is 20.6. The van der Waals surface area contributed by atoms with E-state index in [4.69, 9.17) is 0 Å². The van der Waals surface area contributed by atoms with Crippen LogP contribution in [0.15, 0.2) is 28.6 Å². The molecule has 1 aromatic heterocycles. The minimum Gasteiger partial charge on any atom is -0.369 e. The standard InChI is InChI=1S/C17H24N6O3S2/c1-3-15(24)19-16-20-21-17(27-16)28(25,26)18-12-13-4-6-14(7-5-13)23-10-8-22(2)9-11-23/h4-7,18H,3,8-12H2,1-2H3,(H,19,20,24). The number of likely N-dealkylation sites (N-methyl/N-ethyl adjacent to an activating group) is 1. The third-order valence-electron chi connectivity index (χ3n) is 4.47. The summed E-state index contributed by atoms with van der Waals surface area (Å²) in [7, 11) is -1.67. The van der Waals surface area contributed by atoms with Crippen molar-refractivity contribution >= 4 is 38.1 Å². The van der Waals surface area contributed by atoms with Crippen LogP contribution in [0.25, 0.3) is 0 Å². The molecule has 1 saturated heterocycles. The lowest BCUT2D eigenvalue weighted by atomic mass is 10.2. The summed E-state index contributed by atoms with van der Waals surface area (Å²) < 4.78 is 27.1. The zero-order valence-corrected chi connectivity index (χ0v) is 17.5. The van der Waals surface area contributed by atoms with Gasteiger partial charge in [-0.1, -0.05) is 30.4 Å². The molecule has 11 heteroatoms. The highest BCUT2D eigenvalue weighted by molar-refractivity contribution is 7.91. The topological polar surface area (TPSA) is 108 Å². The fraction of sp³-hybridized carbons (Fsp3) is 0.471. The van der Waals surface area contributed by atoms with Gasteiger partial charge in [-0.2, -0.15) is 0 Å². The molecule has 0 aliphatic carbocycles. The lowest BCUT2D eigenvalue weighted by Crippen LogP contribution is -2.44. The molecule has 0 spiro atoms. The molecule has 0 bridgehead atoms. The predicted octanol–water partition coefficient (Wildman–Crippen LogP) is 1.12. The van der Waals surface area contributed by atoms with Crippen molar-refractivity contribution in [1.82, 2.24) is 19.8 Å². The maximum atomic E-state index is 12.4. The molecule has 152 valence electrons. The third kappa shape index (κ3) is 5.25. The molecule has 1 amide bonds. The van der Waals surface area contributed by atoms with Gasteiger partial charge >= 0.3 is 0 Å². The van der Waals surface area contributed by atoms with Gasteiger partial charge in [0.05, 0.1) is 0 Å². The normalized spacial score (nSPS) is 15.6. The number of carbonyl (C=O) groups excluding carboxylic acids is 1. The molecule has 2 N–H and O–H groups in total. The molecule has 0 saturated carbocycles. The number of nitrogens with zero attached hydrogens (tertiary/aromatic N) is 4. The Morgan fingerprint density at radius 1 is 1.14 bits per heavy atom. The molecule has 1 aromatic carbocycles. The number of benzene rings is 1. The minimum atomic E-state index is -3.79. The number of piperazine rings is 1. The second kappa shape index (κ2) is 8.95. The minimum absolute atomic E-state index is 0.154. The van der Waals surface area contributed by atoms with Crippen LogP contribution in [0, 0.1) is 0 Å². The van der Waals surface area contributed by atoms with E-state index in [0.29, 0.717) is 0 Å². The maximum absolute atomic E-state index is 12.4. The number of nitrogens with one attached hydrogen (secondary N) is 2. The van der Waals surface area contributed by atoms with E-state index >= 15 is 0 Å². The highest BCUT2D eigenvalue weighted by Gasteiger charge is 2.21. The van der Waals surface area contributed by atoms with Gasteiger partial charge in [-0.3, -0.25) is 4.79 Å². The highest BCUT2D eigenvalue weighted by atomic mass is 32.2. The van der Waals surface area contributed by atoms with Crippen LogP contribution in [-0.2, 0) is 21.4 Å². The molecule has 1 fully saturated rings. The van der Waals surface area contributed by atoms with Crippen molar-refractivity contribution in [3.05, 3.63) is 29.8 Å². The zero-order chi connectivity index (χ0) is 20.1. The Kier molecular flexibility index (Phi) is 6.60. The van der Waals surface area contributed by atoms with E-state index in [-0.39, 0.29) is 28.3 Å². The van der Waals surface area contributed by atoms with Gasteiger partial charge in [-0.25, -0.2) is 13.1 Å². The van der Waals surface area contributed by atoms with Crippen LogP contribution < -0.4 is 14.9 Å². The van der Waals surface area contributed by atoms with E-state index in [9.17, 15) is 13.2 Å². The van der Waals surface area contributed by atoms with Gasteiger partial charge in [0.2, 0.25) is 15.4 Å². The van der Waals surface area contributed by atoms with Crippen molar-refractivity contribution in [1.29, 1.82) is 0 Å². The van der Waals surface area contributed by atoms with Gasteiger partial charge in [-0.15, -0.1) is 10.2 Å². The van der Waals surface area contributed by atoms with Gasteiger partial charge in [0.15, 0.2) is 0 Å². The first-order valence-electron chi connectivity index (χ1n) is 9.03.